The molecule has 3 rings (SSSR count). The smallest absolute Gasteiger partial charge is 0.226 e. The zero-order valence-electron chi connectivity index (χ0n) is 12.2. The van der Waals surface area contributed by atoms with Gasteiger partial charge >= 0.3 is 0 Å². The molecule has 3 aromatic rings. The summed E-state index contributed by atoms with van der Waals surface area (Å²) in [5.41, 5.74) is 3.09. The number of nitrogens with one attached hydrogen (secondary N) is 1. The molecular formula is C17H16N2O2S. The molecule has 0 bridgehead atoms. The van der Waals surface area contributed by atoms with E-state index in [2.05, 4.69) is 41.5 Å². The van der Waals surface area contributed by atoms with Crippen LogP contribution >= 0.6 is 11.3 Å². The molecule has 0 saturated carbocycles. The van der Waals surface area contributed by atoms with Gasteiger partial charge in [-0.15, -0.1) is 11.3 Å². The number of aryl methyl sites for hydroxylation is 1. The lowest BCUT2D eigenvalue weighted by Gasteiger charge is -2.01. The van der Waals surface area contributed by atoms with Gasteiger partial charge in [0, 0.05) is 10.9 Å². The summed E-state index contributed by atoms with van der Waals surface area (Å²) in [6.07, 6.45) is 1.87. The molecule has 2 heterocycles. The van der Waals surface area contributed by atoms with Gasteiger partial charge in [0.25, 0.3) is 0 Å². The number of rotatable bonds is 5. The average Bonchev–Trinajstić information content (AvgIpc) is 3.17. The summed E-state index contributed by atoms with van der Waals surface area (Å²) in [7, 11) is 0. The Morgan fingerprint density at radius 2 is 2.09 bits per heavy atom. The van der Waals surface area contributed by atoms with Crippen molar-refractivity contribution in [1.82, 2.24) is 10.3 Å². The molecule has 2 aromatic heterocycles. The lowest BCUT2D eigenvalue weighted by atomic mass is 10.2. The van der Waals surface area contributed by atoms with Gasteiger partial charge < -0.3 is 9.73 Å². The van der Waals surface area contributed by atoms with Crippen molar-refractivity contribution in [2.75, 3.05) is 0 Å². The zero-order valence-corrected chi connectivity index (χ0v) is 13.0. The van der Waals surface area contributed by atoms with Gasteiger partial charge in [-0.05, 0) is 19.1 Å². The maximum atomic E-state index is 11.9. The fourth-order valence-corrected chi connectivity index (χ4v) is 2.87. The molecule has 0 fully saturated rings. The third kappa shape index (κ3) is 3.62. The molecule has 0 saturated heterocycles. The summed E-state index contributed by atoms with van der Waals surface area (Å²) < 4.78 is 5.18. The largest absolute Gasteiger partial charge is 0.467 e. The van der Waals surface area contributed by atoms with Gasteiger partial charge in [-0.1, -0.05) is 29.8 Å². The topological polar surface area (TPSA) is 55.1 Å². The molecule has 0 aliphatic carbocycles. The number of hydrogen-bond acceptors (Lipinski definition) is 4. The number of thiazole rings is 1. The summed E-state index contributed by atoms with van der Waals surface area (Å²) in [4.78, 5) is 16.4. The fraction of sp³-hybridized carbons (Fsp3) is 0.176. The van der Waals surface area contributed by atoms with E-state index in [0.29, 0.717) is 6.54 Å². The van der Waals surface area contributed by atoms with E-state index < -0.39 is 0 Å². The molecule has 1 amide bonds. The van der Waals surface area contributed by atoms with Gasteiger partial charge in [0.15, 0.2) is 0 Å². The van der Waals surface area contributed by atoms with Crippen molar-refractivity contribution >= 4 is 17.2 Å². The molecule has 0 spiro atoms. The minimum atomic E-state index is -0.0582. The molecule has 0 aliphatic heterocycles. The third-order valence-electron chi connectivity index (χ3n) is 3.23. The van der Waals surface area contributed by atoms with Gasteiger partial charge in [0.05, 0.1) is 24.9 Å². The Bertz CT molecular complexity index is 745. The first-order valence-corrected chi connectivity index (χ1v) is 7.89. The molecule has 1 aromatic carbocycles. The van der Waals surface area contributed by atoms with Gasteiger partial charge in [-0.25, -0.2) is 4.98 Å². The Kier molecular flexibility index (Phi) is 4.34. The van der Waals surface area contributed by atoms with Crippen LogP contribution in [0.4, 0.5) is 0 Å². The van der Waals surface area contributed by atoms with Crippen LogP contribution in [0.1, 0.15) is 17.0 Å². The first-order valence-electron chi connectivity index (χ1n) is 7.01. The Balaban J connectivity index is 1.59. The predicted octanol–water partition coefficient (Wildman–Crippen LogP) is 3.57. The molecule has 112 valence electrons. The number of carbonyl (C=O) groups excluding carboxylic acids is 1. The number of amides is 1. The van der Waals surface area contributed by atoms with Crippen LogP contribution in [0, 0.1) is 6.92 Å². The predicted molar refractivity (Wildman–Crippen MR) is 86.5 cm³/mol. The van der Waals surface area contributed by atoms with Crippen LogP contribution in [0.15, 0.2) is 52.5 Å². The van der Waals surface area contributed by atoms with Crippen LogP contribution in [0.2, 0.25) is 0 Å². The number of nitrogens with zero attached hydrogens (tertiary/aromatic N) is 1. The van der Waals surface area contributed by atoms with Crippen molar-refractivity contribution in [3.05, 3.63) is 65.1 Å². The average molecular weight is 312 g/mol. The number of benzene rings is 1. The van der Waals surface area contributed by atoms with Crippen LogP contribution in [-0.4, -0.2) is 10.9 Å². The standard InChI is InChI=1S/C17H16N2O2S/c1-12-4-6-13(7-5-12)17-19-14(11-22-17)9-16(20)18-10-15-3-2-8-21-15/h2-8,11H,9-10H2,1H3,(H,18,20). The monoisotopic (exact) mass is 312 g/mol. The molecule has 1 N–H and O–H groups in total. The van der Waals surface area contributed by atoms with Crippen molar-refractivity contribution in [3.63, 3.8) is 0 Å². The van der Waals surface area contributed by atoms with Crippen molar-refractivity contribution in [2.24, 2.45) is 0 Å². The number of furan rings is 1. The normalized spacial score (nSPS) is 10.6. The van der Waals surface area contributed by atoms with Crippen LogP contribution < -0.4 is 5.32 Å². The third-order valence-corrected chi connectivity index (χ3v) is 4.17. The van der Waals surface area contributed by atoms with Gasteiger partial charge in [-0.3, -0.25) is 4.79 Å². The molecule has 0 unspecified atom stereocenters. The van der Waals surface area contributed by atoms with Crippen molar-refractivity contribution in [1.29, 1.82) is 0 Å². The van der Waals surface area contributed by atoms with E-state index in [1.807, 2.05) is 11.4 Å². The second-order valence-corrected chi connectivity index (χ2v) is 5.90. The molecule has 5 heteroatoms. The SMILES string of the molecule is Cc1ccc(-c2nc(CC(=O)NCc3ccco3)cs2)cc1. The first kappa shape index (κ1) is 14.5. The summed E-state index contributed by atoms with van der Waals surface area (Å²) >= 11 is 1.56. The highest BCUT2D eigenvalue weighted by Gasteiger charge is 2.09. The van der Waals surface area contributed by atoms with E-state index in [4.69, 9.17) is 4.42 Å². The maximum Gasteiger partial charge on any atom is 0.226 e. The number of aromatic nitrogens is 1. The summed E-state index contributed by atoms with van der Waals surface area (Å²) in [5, 5.41) is 5.69. The first-order chi connectivity index (χ1) is 10.7. The van der Waals surface area contributed by atoms with Gasteiger partial charge in [0.2, 0.25) is 5.91 Å². The van der Waals surface area contributed by atoms with Crippen molar-refractivity contribution in [3.8, 4) is 10.6 Å². The lowest BCUT2D eigenvalue weighted by Crippen LogP contribution is -2.24. The second kappa shape index (κ2) is 6.58. The molecule has 0 radical (unpaired) electrons. The summed E-state index contributed by atoms with van der Waals surface area (Å²) in [6, 6.07) is 11.9. The lowest BCUT2D eigenvalue weighted by molar-refractivity contribution is -0.120. The Hall–Kier alpha value is -2.40. The Labute approximate surface area is 132 Å². The maximum absolute atomic E-state index is 11.9. The summed E-state index contributed by atoms with van der Waals surface area (Å²) in [6.45, 7) is 2.46. The Morgan fingerprint density at radius 1 is 1.27 bits per heavy atom. The minimum absolute atomic E-state index is 0.0582. The second-order valence-electron chi connectivity index (χ2n) is 5.04. The summed E-state index contributed by atoms with van der Waals surface area (Å²) in [5.74, 6) is 0.684. The van der Waals surface area contributed by atoms with E-state index in [1.165, 1.54) is 5.56 Å². The van der Waals surface area contributed by atoms with E-state index in [0.717, 1.165) is 22.0 Å². The molecule has 0 aliphatic rings. The van der Waals surface area contributed by atoms with Crippen LogP contribution in [0.5, 0.6) is 0 Å². The molecule has 0 atom stereocenters. The van der Waals surface area contributed by atoms with Crippen molar-refractivity contribution in [2.45, 2.75) is 19.9 Å². The van der Waals surface area contributed by atoms with Crippen LogP contribution in [-0.2, 0) is 17.8 Å². The Morgan fingerprint density at radius 3 is 2.82 bits per heavy atom. The van der Waals surface area contributed by atoms with Crippen LogP contribution in [0.25, 0.3) is 10.6 Å². The van der Waals surface area contributed by atoms with Gasteiger partial charge in [0.1, 0.15) is 10.8 Å². The fourth-order valence-electron chi connectivity index (χ4n) is 2.04. The van der Waals surface area contributed by atoms with E-state index in [9.17, 15) is 4.79 Å². The van der Waals surface area contributed by atoms with E-state index >= 15 is 0 Å². The van der Waals surface area contributed by atoms with Gasteiger partial charge in [-0.2, -0.15) is 0 Å². The highest BCUT2D eigenvalue weighted by Crippen LogP contribution is 2.24. The highest BCUT2D eigenvalue weighted by atomic mass is 32.1. The molecule has 4 nitrogen and oxygen atoms in total. The highest BCUT2D eigenvalue weighted by molar-refractivity contribution is 7.13. The number of hydrogen-bond donors (Lipinski definition) is 1. The van der Waals surface area contributed by atoms with E-state index in [-0.39, 0.29) is 12.3 Å². The van der Waals surface area contributed by atoms with Crippen LogP contribution in [0.3, 0.4) is 0 Å². The van der Waals surface area contributed by atoms with Crippen molar-refractivity contribution < 1.29 is 9.21 Å². The zero-order chi connectivity index (χ0) is 15.4. The minimum Gasteiger partial charge on any atom is -0.467 e. The molecule has 22 heavy (non-hydrogen) atoms. The molecular weight excluding hydrogens is 296 g/mol. The van der Waals surface area contributed by atoms with E-state index in [1.54, 1.807) is 23.7 Å². The quantitative estimate of drug-likeness (QED) is 0.783. The number of carbonyl (C=O) groups is 1.